The number of aromatic amines is 1. The van der Waals surface area contributed by atoms with Gasteiger partial charge in [0.2, 0.25) is 0 Å². The molecule has 0 saturated carbocycles. The molecule has 136 valence electrons. The minimum atomic E-state index is -0.140. The summed E-state index contributed by atoms with van der Waals surface area (Å²) in [4.78, 5) is 16.6. The van der Waals surface area contributed by atoms with E-state index in [-0.39, 0.29) is 18.3 Å². The zero-order valence-corrected chi connectivity index (χ0v) is 15.1. The first-order valence-corrected chi connectivity index (χ1v) is 8.39. The number of aromatic nitrogens is 4. The van der Waals surface area contributed by atoms with E-state index in [4.69, 9.17) is 0 Å². The van der Waals surface area contributed by atoms with Gasteiger partial charge >= 0.3 is 0 Å². The van der Waals surface area contributed by atoms with E-state index >= 15 is 0 Å². The number of amides is 1. The van der Waals surface area contributed by atoms with Gasteiger partial charge < -0.3 is 15.2 Å². The molecule has 0 spiro atoms. The lowest BCUT2D eigenvalue weighted by molar-refractivity contribution is 0.0944. The number of fused-ring (bicyclic) bond motifs is 1. The largest absolute Gasteiger partial charge is 0.347 e. The minimum Gasteiger partial charge on any atom is -0.347 e. The number of rotatable bonds is 5. The summed E-state index contributed by atoms with van der Waals surface area (Å²) in [5, 5.41) is 13.5. The maximum absolute atomic E-state index is 12.5. The monoisotopic (exact) mass is 372 g/mol. The molecule has 1 aliphatic rings. The van der Waals surface area contributed by atoms with Crippen LogP contribution in [0.2, 0.25) is 0 Å². The number of carbonyl (C=O) groups is 1. The summed E-state index contributed by atoms with van der Waals surface area (Å²) in [5.74, 6) is -0.140. The third kappa shape index (κ3) is 3.79. The van der Waals surface area contributed by atoms with Crippen molar-refractivity contribution >= 4 is 18.3 Å². The Balaban J connectivity index is 0.00000196. The first-order valence-electron chi connectivity index (χ1n) is 8.39. The van der Waals surface area contributed by atoms with Crippen LogP contribution in [0.4, 0.5) is 0 Å². The highest BCUT2D eigenvalue weighted by molar-refractivity contribution is 5.94. The van der Waals surface area contributed by atoms with Gasteiger partial charge in [-0.2, -0.15) is 5.10 Å². The fourth-order valence-electron chi connectivity index (χ4n) is 3.13. The zero-order valence-electron chi connectivity index (χ0n) is 14.2. The van der Waals surface area contributed by atoms with Crippen LogP contribution in [0.5, 0.6) is 0 Å². The molecule has 0 atom stereocenters. The zero-order chi connectivity index (χ0) is 17.1. The van der Waals surface area contributed by atoms with Crippen LogP contribution in [0.15, 0.2) is 43.0 Å². The first kappa shape index (κ1) is 18.2. The summed E-state index contributed by atoms with van der Waals surface area (Å²) in [5.41, 5.74) is 4.78. The van der Waals surface area contributed by atoms with E-state index in [1.165, 1.54) is 0 Å². The van der Waals surface area contributed by atoms with Crippen LogP contribution in [0.3, 0.4) is 0 Å². The highest BCUT2D eigenvalue weighted by Crippen LogP contribution is 2.16. The van der Waals surface area contributed by atoms with E-state index < -0.39 is 0 Å². The molecule has 0 radical (unpaired) electrons. The van der Waals surface area contributed by atoms with Crippen LogP contribution in [0.1, 0.15) is 32.9 Å². The molecule has 1 aromatic carbocycles. The van der Waals surface area contributed by atoms with Crippen molar-refractivity contribution in [2.75, 3.05) is 6.54 Å². The maximum Gasteiger partial charge on any atom is 0.272 e. The molecule has 3 N–H and O–H groups in total. The molecule has 0 fully saturated rings. The number of carbonyl (C=O) groups excluding carboxylic acids is 1. The number of halogens is 1. The molecular formula is C18H21ClN6O. The smallest absolute Gasteiger partial charge is 0.272 e. The van der Waals surface area contributed by atoms with Crippen molar-refractivity contribution in [1.29, 1.82) is 0 Å². The molecule has 26 heavy (non-hydrogen) atoms. The molecule has 2 aromatic heterocycles. The van der Waals surface area contributed by atoms with Crippen molar-refractivity contribution < 1.29 is 4.79 Å². The van der Waals surface area contributed by atoms with Crippen molar-refractivity contribution in [1.82, 2.24) is 30.4 Å². The predicted octanol–water partition coefficient (Wildman–Crippen LogP) is 1.65. The lowest BCUT2D eigenvalue weighted by atomic mass is 10.1. The third-order valence-corrected chi connectivity index (χ3v) is 4.49. The van der Waals surface area contributed by atoms with Crippen molar-refractivity contribution in [3.05, 3.63) is 71.1 Å². The normalized spacial score (nSPS) is 12.9. The number of H-pyrrole nitrogens is 1. The fourth-order valence-corrected chi connectivity index (χ4v) is 3.13. The van der Waals surface area contributed by atoms with Gasteiger partial charge in [0.05, 0.1) is 6.33 Å². The maximum atomic E-state index is 12.5. The summed E-state index contributed by atoms with van der Waals surface area (Å²) in [6.45, 7) is 2.80. The van der Waals surface area contributed by atoms with Crippen molar-refractivity contribution in [2.45, 2.75) is 26.1 Å². The van der Waals surface area contributed by atoms with Crippen molar-refractivity contribution in [3.63, 3.8) is 0 Å². The Morgan fingerprint density at radius 3 is 2.92 bits per heavy atom. The Kier molecular flexibility index (Phi) is 5.70. The summed E-state index contributed by atoms with van der Waals surface area (Å²) < 4.78 is 2.01. The summed E-state index contributed by atoms with van der Waals surface area (Å²) in [6, 6.07) is 8.10. The van der Waals surface area contributed by atoms with Crippen LogP contribution in [0.25, 0.3) is 0 Å². The molecule has 0 unspecified atom stereocenters. The average Bonchev–Trinajstić information content (AvgIpc) is 3.30. The van der Waals surface area contributed by atoms with Gasteiger partial charge in [-0.3, -0.25) is 9.89 Å². The van der Waals surface area contributed by atoms with Crippen LogP contribution in [-0.4, -0.2) is 32.2 Å². The van der Waals surface area contributed by atoms with Gasteiger partial charge in [-0.25, -0.2) is 4.98 Å². The van der Waals surface area contributed by atoms with Crippen molar-refractivity contribution in [3.8, 4) is 0 Å². The molecule has 3 aromatic rings. The highest BCUT2D eigenvalue weighted by atomic mass is 35.5. The van der Waals surface area contributed by atoms with Crippen LogP contribution >= 0.6 is 12.4 Å². The molecular weight excluding hydrogens is 352 g/mol. The van der Waals surface area contributed by atoms with Crippen LogP contribution < -0.4 is 10.6 Å². The fraction of sp³-hybridized carbons (Fsp3) is 0.278. The molecule has 0 aliphatic carbocycles. The second-order valence-electron chi connectivity index (χ2n) is 6.14. The number of imidazole rings is 1. The number of hydrogen-bond acceptors (Lipinski definition) is 4. The van der Waals surface area contributed by atoms with Gasteiger partial charge in [0.25, 0.3) is 5.91 Å². The van der Waals surface area contributed by atoms with Crippen LogP contribution in [-0.2, 0) is 26.1 Å². The number of nitrogens with one attached hydrogen (secondary N) is 3. The molecule has 3 heterocycles. The molecule has 8 heteroatoms. The standard InChI is InChI=1S/C18H20N6O.ClH/c25-18(17-15-10-19-6-5-16(15)22-23-17)21-9-13-3-1-2-4-14(13)11-24-8-7-20-12-24;/h1-4,7-8,12,19H,5-6,9-11H2,(H,21,25)(H,22,23);1H. The topological polar surface area (TPSA) is 87.6 Å². The van der Waals surface area contributed by atoms with E-state index in [1.807, 2.05) is 29.0 Å². The lowest BCUT2D eigenvalue weighted by Crippen LogP contribution is -2.28. The Labute approximate surface area is 157 Å². The molecule has 0 saturated heterocycles. The van der Waals surface area contributed by atoms with Gasteiger partial charge in [0.15, 0.2) is 5.69 Å². The summed E-state index contributed by atoms with van der Waals surface area (Å²) >= 11 is 0. The van der Waals surface area contributed by atoms with Gasteiger partial charge in [0.1, 0.15) is 0 Å². The van der Waals surface area contributed by atoms with Gasteiger partial charge in [-0.1, -0.05) is 24.3 Å². The quantitative estimate of drug-likeness (QED) is 0.635. The number of benzene rings is 1. The number of hydrogen-bond donors (Lipinski definition) is 3. The summed E-state index contributed by atoms with van der Waals surface area (Å²) in [6.07, 6.45) is 6.36. The van der Waals surface area contributed by atoms with E-state index in [1.54, 1.807) is 12.5 Å². The average molecular weight is 373 g/mol. The molecule has 1 aliphatic heterocycles. The Morgan fingerprint density at radius 2 is 2.12 bits per heavy atom. The SMILES string of the molecule is Cl.O=C(NCc1ccccc1Cn1ccnc1)c1n[nH]c2c1CNCC2. The van der Waals surface area contributed by atoms with Gasteiger partial charge in [-0.05, 0) is 11.1 Å². The van der Waals surface area contributed by atoms with Gasteiger partial charge in [-0.15, -0.1) is 12.4 Å². The van der Waals surface area contributed by atoms with E-state index in [2.05, 4.69) is 31.9 Å². The minimum absolute atomic E-state index is 0. The molecule has 1 amide bonds. The van der Waals surface area contributed by atoms with Gasteiger partial charge in [0, 0.05) is 56.3 Å². The third-order valence-electron chi connectivity index (χ3n) is 4.49. The molecule has 4 rings (SSSR count). The van der Waals surface area contributed by atoms with E-state index in [0.717, 1.165) is 41.9 Å². The summed E-state index contributed by atoms with van der Waals surface area (Å²) in [7, 11) is 0. The molecule has 7 nitrogen and oxygen atoms in total. The van der Waals surface area contributed by atoms with E-state index in [9.17, 15) is 4.79 Å². The number of nitrogens with zero attached hydrogens (tertiary/aromatic N) is 3. The Hall–Kier alpha value is -2.64. The highest BCUT2D eigenvalue weighted by Gasteiger charge is 2.21. The Morgan fingerprint density at radius 1 is 1.27 bits per heavy atom. The van der Waals surface area contributed by atoms with Crippen molar-refractivity contribution in [2.24, 2.45) is 0 Å². The second kappa shape index (κ2) is 8.16. The molecule has 0 bridgehead atoms. The second-order valence-corrected chi connectivity index (χ2v) is 6.14. The van der Waals surface area contributed by atoms with Crippen LogP contribution in [0, 0.1) is 0 Å². The first-order chi connectivity index (χ1) is 12.3. The van der Waals surface area contributed by atoms with E-state index in [0.29, 0.717) is 18.8 Å². The lowest BCUT2D eigenvalue weighted by Gasteiger charge is -2.13. The predicted molar refractivity (Wildman–Crippen MR) is 100 cm³/mol. The Bertz CT molecular complexity index is 874.